The monoisotopic (exact) mass is 323 g/mol. The van der Waals surface area contributed by atoms with E-state index in [2.05, 4.69) is 21.2 Å². The van der Waals surface area contributed by atoms with Gasteiger partial charge >= 0.3 is 0 Å². The molecule has 0 bridgehead atoms. The molecule has 1 unspecified atom stereocenters. The molecule has 0 aliphatic heterocycles. The molecule has 0 fully saturated rings. The fourth-order valence-electron chi connectivity index (χ4n) is 2.03. The third-order valence-corrected chi connectivity index (χ3v) is 3.50. The fourth-order valence-corrected chi connectivity index (χ4v) is 2.41. The van der Waals surface area contributed by atoms with E-state index >= 15 is 0 Å². The Morgan fingerprint density at radius 1 is 1.16 bits per heavy atom. The van der Waals surface area contributed by atoms with E-state index in [1.165, 1.54) is 6.07 Å². The van der Waals surface area contributed by atoms with E-state index in [1.54, 1.807) is 19.2 Å². The molecule has 19 heavy (non-hydrogen) atoms. The molecule has 0 amide bonds. The van der Waals surface area contributed by atoms with Crippen LogP contribution in [0.5, 0.6) is 5.75 Å². The van der Waals surface area contributed by atoms with Crippen molar-refractivity contribution in [2.24, 2.45) is 0 Å². The first kappa shape index (κ1) is 14.0. The molecule has 0 aliphatic rings. The third kappa shape index (κ3) is 3.14. The SMILES string of the molecule is CNC(c1ccc(OC)cc1)c1cc(Br)ccc1F. The first-order valence-corrected chi connectivity index (χ1v) is 6.71. The average Bonchev–Trinajstić information content (AvgIpc) is 2.44. The standard InChI is InChI=1S/C15H15BrFNO/c1-18-15(10-3-6-12(19-2)7-4-10)13-9-11(16)5-8-14(13)17/h3-9,15,18H,1-2H3. The summed E-state index contributed by atoms with van der Waals surface area (Å²) in [4.78, 5) is 0. The topological polar surface area (TPSA) is 21.3 Å². The van der Waals surface area contributed by atoms with Gasteiger partial charge in [-0.05, 0) is 42.9 Å². The zero-order valence-corrected chi connectivity index (χ0v) is 12.4. The van der Waals surface area contributed by atoms with E-state index in [9.17, 15) is 4.39 Å². The first-order chi connectivity index (χ1) is 9.15. The van der Waals surface area contributed by atoms with Gasteiger partial charge in [0.15, 0.2) is 0 Å². The number of methoxy groups -OCH3 is 1. The highest BCUT2D eigenvalue weighted by Crippen LogP contribution is 2.27. The molecule has 0 radical (unpaired) electrons. The maximum Gasteiger partial charge on any atom is 0.128 e. The lowest BCUT2D eigenvalue weighted by atomic mass is 9.98. The smallest absolute Gasteiger partial charge is 0.128 e. The first-order valence-electron chi connectivity index (χ1n) is 5.92. The van der Waals surface area contributed by atoms with Crippen molar-refractivity contribution in [1.29, 1.82) is 0 Å². The van der Waals surface area contributed by atoms with Crippen LogP contribution in [0.25, 0.3) is 0 Å². The molecular formula is C15H15BrFNO. The van der Waals surface area contributed by atoms with Crippen molar-refractivity contribution in [2.75, 3.05) is 14.2 Å². The van der Waals surface area contributed by atoms with Crippen LogP contribution in [0.2, 0.25) is 0 Å². The lowest BCUT2D eigenvalue weighted by Gasteiger charge is -2.18. The molecule has 100 valence electrons. The predicted molar refractivity (Wildman–Crippen MR) is 78.0 cm³/mol. The van der Waals surface area contributed by atoms with Crippen molar-refractivity contribution in [2.45, 2.75) is 6.04 Å². The van der Waals surface area contributed by atoms with Gasteiger partial charge in [0.05, 0.1) is 13.2 Å². The summed E-state index contributed by atoms with van der Waals surface area (Å²) in [6, 6.07) is 12.4. The minimum absolute atomic E-state index is 0.191. The van der Waals surface area contributed by atoms with Crippen molar-refractivity contribution < 1.29 is 9.13 Å². The maximum atomic E-state index is 14.0. The van der Waals surface area contributed by atoms with Crippen molar-refractivity contribution >= 4 is 15.9 Å². The van der Waals surface area contributed by atoms with E-state index in [0.29, 0.717) is 5.56 Å². The highest BCUT2D eigenvalue weighted by Gasteiger charge is 2.16. The number of halogens is 2. The Balaban J connectivity index is 2.40. The van der Waals surface area contributed by atoms with Gasteiger partial charge in [-0.1, -0.05) is 28.1 Å². The number of rotatable bonds is 4. The van der Waals surface area contributed by atoms with Gasteiger partial charge in [0, 0.05) is 10.0 Å². The van der Waals surface area contributed by atoms with Gasteiger partial charge in [-0.15, -0.1) is 0 Å². The number of benzene rings is 2. The Morgan fingerprint density at radius 2 is 1.84 bits per heavy atom. The summed E-state index contributed by atoms with van der Waals surface area (Å²) < 4.78 is 19.9. The second-order valence-electron chi connectivity index (χ2n) is 4.16. The number of hydrogen-bond acceptors (Lipinski definition) is 2. The molecule has 0 saturated heterocycles. The molecule has 0 spiro atoms. The summed E-state index contributed by atoms with van der Waals surface area (Å²) in [5.41, 5.74) is 1.60. The Kier molecular flexibility index (Phi) is 4.56. The minimum Gasteiger partial charge on any atom is -0.497 e. The van der Waals surface area contributed by atoms with Gasteiger partial charge < -0.3 is 10.1 Å². The van der Waals surface area contributed by atoms with Gasteiger partial charge in [-0.25, -0.2) is 4.39 Å². The van der Waals surface area contributed by atoms with Crippen LogP contribution in [-0.4, -0.2) is 14.2 Å². The maximum absolute atomic E-state index is 14.0. The van der Waals surface area contributed by atoms with Crippen LogP contribution in [0.4, 0.5) is 4.39 Å². The van der Waals surface area contributed by atoms with Crippen LogP contribution < -0.4 is 10.1 Å². The zero-order chi connectivity index (χ0) is 13.8. The summed E-state index contributed by atoms with van der Waals surface area (Å²) in [6.07, 6.45) is 0. The van der Waals surface area contributed by atoms with E-state index in [0.717, 1.165) is 15.8 Å². The van der Waals surface area contributed by atoms with E-state index in [1.807, 2.05) is 31.3 Å². The van der Waals surface area contributed by atoms with Crippen molar-refractivity contribution in [3.05, 3.63) is 63.9 Å². The van der Waals surface area contributed by atoms with E-state index in [-0.39, 0.29) is 11.9 Å². The van der Waals surface area contributed by atoms with Crippen LogP contribution in [0.1, 0.15) is 17.2 Å². The largest absolute Gasteiger partial charge is 0.497 e. The summed E-state index contributed by atoms with van der Waals surface area (Å²) >= 11 is 3.37. The normalized spacial score (nSPS) is 12.2. The van der Waals surface area contributed by atoms with E-state index < -0.39 is 0 Å². The van der Waals surface area contributed by atoms with Crippen LogP contribution in [-0.2, 0) is 0 Å². The van der Waals surface area contributed by atoms with Crippen LogP contribution in [0, 0.1) is 5.82 Å². The summed E-state index contributed by atoms with van der Waals surface area (Å²) in [7, 11) is 3.44. The second-order valence-corrected chi connectivity index (χ2v) is 5.08. The molecule has 1 atom stereocenters. The number of nitrogens with one attached hydrogen (secondary N) is 1. The highest BCUT2D eigenvalue weighted by atomic mass is 79.9. The molecular weight excluding hydrogens is 309 g/mol. The Bertz CT molecular complexity index is 557. The van der Waals surface area contributed by atoms with Crippen LogP contribution >= 0.6 is 15.9 Å². The molecule has 4 heteroatoms. The van der Waals surface area contributed by atoms with Gasteiger partial charge in [-0.3, -0.25) is 0 Å². The second kappa shape index (κ2) is 6.17. The molecule has 1 N–H and O–H groups in total. The lowest BCUT2D eigenvalue weighted by Crippen LogP contribution is -2.18. The van der Waals surface area contributed by atoms with Crippen molar-refractivity contribution in [3.8, 4) is 5.75 Å². The van der Waals surface area contributed by atoms with Crippen molar-refractivity contribution in [3.63, 3.8) is 0 Å². The fraction of sp³-hybridized carbons (Fsp3) is 0.200. The molecule has 2 aromatic rings. The summed E-state index contributed by atoms with van der Waals surface area (Å²) in [5.74, 6) is 0.562. The Morgan fingerprint density at radius 3 is 2.42 bits per heavy atom. The lowest BCUT2D eigenvalue weighted by molar-refractivity contribution is 0.414. The summed E-state index contributed by atoms with van der Waals surface area (Å²) in [5, 5.41) is 3.14. The minimum atomic E-state index is -0.224. The number of hydrogen-bond donors (Lipinski definition) is 1. The summed E-state index contributed by atoms with van der Waals surface area (Å²) in [6.45, 7) is 0. The Hall–Kier alpha value is -1.39. The Labute approximate surface area is 120 Å². The molecule has 2 nitrogen and oxygen atoms in total. The zero-order valence-electron chi connectivity index (χ0n) is 10.8. The molecule has 0 aromatic heterocycles. The molecule has 0 aliphatic carbocycles. The average molecular weight is 324 g/mol. The quantitative estimate of drug-likeness (QED) is 0.921. The molecule has 2 rings (SSSR count). The van der Waals surface area contributed by atoms with E-state index in [4.69, 9.17) is 4.74 Å². The predicted octanol–water partition coefficient (Wildman–Crippen LogP) is 3.91. The molecule has 0 heterocycles. The highest BCUT2D eigenvalue weighted by molar-refractivity contribution is 9.10. The van der Waals surface area contributed by atoms with Gasteiger partial charge in [0.1, 0.15) is 11.6 Å². The molecule has 0 saturated carbocycles. The van der Waals surface area contributed by atoms with Gasteiger partial charge in [-0.2, -0.15) is 0 Å². The van der Waals surface area contributed by atoms with Crippen molar-refractivity contribution in [1.82, 2.24) is 5.32 Å². The third-order valence-electron chi connectivity index (χ3n) is 3.01. The molecule has 2 aromatic carbocycles. The van der Waals surface area contributed by atoms with Gasteiger partial charge in [0.2, 0.25) is 0 Å². The van der Waals surface area contributed by atoms with Gasteiger partial charge in [0.25, 0.3) is 0 Å². The van der Waals surface area contributed by atoms with Crippen LogP contribution in [0.15, 0.2) is 46.9 Å². The van der Waals surface area contributed by atoms with Crippen LogP contribution in [0.3, 0.4) is 0 Å². The number of ether oxygens (including phenoxy) is 1.